The van der Waals surface area contributed by atoms with Crippen molar-refractivity contribution in [2.45, 2.75) is 6.04 Å². The maximum absolute atomic E-state index is 8.89. The maximum atomic E-state index is 8.89. The molecule has 0 aliphatic rings. The van der Waals surface area contributed by atoms with Gasteiger partial charge < -0.3 is 15.8 Å². The third-order valence-electron chi connectivity index (χ3n) is 2.09. The number of nitrogens with one attached hydrogen (secondary N) is 1. The standard InChI is InChI=1S/C9H10ClN3O/c10-9-8-5(1-2-12-8)3-7(13-9)6(11)4-14/h1-3,6,12,14H,4,11H2. The molecule has 1 atom stereocenters. The molecule has 0 spiro atoms. The molecule has 1 unspecified atom stereocenters. The molecule has 0 saturated heterocycles. The van der Waals surface area contributed by atoms with E-state index in [2.05, 4.69) is 9.97 Å². The summed E-state index contributed by atoms with van der Waals surface area (Å²) < 4.78 is 0. The van der Waals surface area contributed by atoms with E-state index in [1.54, 1.807) is 6.20 Å². The highest BCUT2D eigenvalue weighted by molar-refractivity contribution is 6.33. The first-order chi connectivity index (χ1) is 6.72. The van der Waals surface area contributed by atoms with Gasteiger partial charge in [-0.3, -0.25) is 0 Å². The van der Waals surface area contributed by atoms with Gasteiger partial charge in [0.25, 0.3) is 0 Å². The molecular weight excluding hydrogens is 202 g/mol. The zero-order valence-corrected chi connectivity index (χ0v) is 8.12. The van der Waals surface area contributed by atoms with Gasteiger partial charge in [0.15, 0.2) is 5.15 Å². The third-order valence-corrected chi connectivity index (χ3v) is 2.37. The van der Waals surface area contributed by atoms with Crippen LogP contribution < -0.4 is 5.73 Å². The number of aromatic nitrogens is 2. The molecule has 0 radical (unpaired) electrons. The van der Waals surface area contributed by atoms with Crippen LogP contribution in [0.15, 0.2) is 18.3 Å². The second kappa shape index (κ2) is 3.57. The van der Waals surface area contributed by atoms with Crippen LogP contribution in [0.25, 0.3) is 10.9 Å². The summed E-state index contributed by atoms with van der Waals surface area (Å²) in [5, 5.41) is 10.2. The number of rotatable bonds is 2. The minimum absolute atomic E-state index is 0.140. The van der Waals surface area contributed by atoms with Gasteiger partial charge >= 0.3 is 0 Å². The number of hydrogen-bond donors (Lipinski definition) is 3. The summed E-state index contributed by atoms with van der Waals surface area (Å²) in [5.74, 6) is 0. The fraction of sp³-hybridized carbons (Fsp3) is 0.222. The number of aliphatic hydroxyl groups excluding tert-OH is 1. The number of nitrogens with two attached hydrogens (primary N) is 1. The second-order valence-corrected chi connectivity index (χ2v) is 3.43. The molecule has 0 bridgehead atoms. The maximum Gasteiger partial charge on any atom is 0.153 e. The van der Waals surface area contributed by atoms with E-state index in [0.717, 1.165) is 10.9 Å². The third kappa shape index (κ3) is 1.48. The van der Waals surface area contributed by atoms with Gasteiger partial charge in [-0.05, 0) is 12.1 Å². The molecule has 2 heterocycles. The normalized spacial score (nSPS) is 13.4. The number of pyridine rings is 1. The Hall–Kier alpha value is -1.10. The molecule has 2 aromatic heterocycles. The van der Waals surface area contributed by atoms with Crippen molar-refractivity contribution >= 4 is 22.5 Å². The smallest absolute Gasteiger partial charge is 0.153 e. The quantitative estimate of drug-likeness (QED) is 0.654. The highest BCUT2D eigenvalue weighted by atomic mass is 35.5. The molecule has 0 aliphatic heterocycles. The monoisotopic (exact) mass is 211 g/mol. The van der Waals surface area contributed by atoms with Gasteiger partial charge in [0.05, 0.1) is 23.9 Å². The number of hydrogen-bond acceptors (Lipinski definition) is 3. The minimum Gasteiger partial charge on any atom is -0.394 e. The van der Waals surface area contributed by atoms with Gasteiger partial charge in [0.1, 0.15) is 0 Å². The van der Waals surface area contributed by atoms with Crippen LogP contribution in [-0.4, -0.2) is 21.7 Å². The van der Waals surface area contributed by atoms with Crippen molar-refractivity contribution in [3.8, 4) is 0 Å². The minimum atomic E-state index is -0.480. The van der Waals surface area contributed by atoms with Crippen LogP contribution in [0.3, 0.4) is 0 Å². The van der Waals surface area contributed by atoms with Crippen LogP contribution >= 0.6 is 11.6 Å². The summed E-state index contributed by atoms with van der Waals surface area (Å²) in [4.78, 5) is 7.07. The lowest BCUT2D eigenvalue weighted by atomic mass is 10.2. The first-order valence-corrected chi connectivity index (χ1v) is 4.60. The second-order valence-electron chi connectivity index (χ2n) is 3.07. The summed E-state index contributed by atoms with van der Waals surface area (Å²) in [5.41, 5.74) is 7.04. The number of aliphatic hydroxyl groups is 1. The van der Waals surface area contributed by atoms with Gasteiger partial charge in [-0.15, -0.1) is 0 Å². The van der Waals surface area contributed by atoms with Gasteiger partial charge in [-0.1, -0.05) is 11.6 Å². The van der Waals surface area contributed by atoms with Gasteiger partial charge in [0, 0.05) is 11.6 Å². The molecule has 0 amide bonds. The van der Waals surface area contributed by atoms with Gasteiger partial charge in [-0.2, -0.15) is 0 Å². The predicted molar refractivity (Wildman–Crippen MR) is 55.1 cm³/mol. The van der Waals surface area contributed by atoms with Crippen molar-refractivity contribution < 1.29 is 5.11 Å². The summed E-state index contributed by atoms with van der Waals surface area (Å²) in [7, 11) is 0. The van der Waals surface area contributed by atoms with Crippen molar-refractivity contribution in [2.75, 3.05) is 6.61 Å². The average Bonchev–Trinajstić information content (AvgIpc) is 2.64. The van der Waals surface area contributed by atoms with Crippen molar-refractivity contribution in [2.24, 2.45) is 5.73 Å². The van der Waals surface area contributed by atoms with Crippen LogP contribution in [0.4, 0.5) is 0 Å². The molecular formula is C9H10ClN3O. The largest absolute Gasteiger partial charge is 0.394 e. The van der Waals surface area contributed by atoms with E-state index in [4.69, 9.17) is 22.4 Å². The average molecular weight is 212 g/mol. The van der Waals surface area contributed by atoms with Crippen LogP contribution in [0.2, 0.25) is 5.15 Å². The Kier molecular flexibility index (Phi) is 2.41. The lowest BCUT2D eigenvalue weighted by Gasteiger charge is -2.07. The fourth-order valence-corrected chi connectivity index (χ4v) is 1.59. The topological polar surface area (TPSA) is 74.9 Å². The van der Waals surface area contributed by atoms with E-state index in [-0.39, 0.29) is 6.61 Å². The van der Waals surface area contributed by atoms with Crippen molar-refractivity contribution in [3.05, 3.63) is 29.2 Å². The molecule has 2 aromatic rings. The Morgan fingerprint density at radius 1 is 1.64 bits per heavy atom. The number of nitrogens with zero attached hydrogens (tertiary/aromatic N) is 1. The lowest BCUT2D eigenvalue weighted by Crippen LogP contribution is -2.15. The van der Waals surface area contributed by atoms with Crippen LogP contribution in [0.1, 0.15) is 11.7 Å². The summed E-state index contributed by atoms with van der Waals surface area (Å²) in [6.07, 6.45) is 1.78. The Morgan fingerprint density at radius 2 is 2.43 bits per heavy atom. The van der Waals surface area contributed by atoms with Gasteiger partial charge in [-0.25, -0.2) is 4.98 Å². The fourth-order valence-electron chi connectivity index (χ4n) is 1.32. The first-order valence-electron chi connectivity index (χ1n) is 4.22. The Morgan fingerprint density at radius 3 is 3.14 bits per heavy atom. The molecule has 2 rings (SSSR count). The van der Waals surface area contributed by atoms with Gasteiger partial charge in [0.2, 0.25) is 0 Å². The highest BCUT2D eigenvalue weighted by Gasteiger charge is 2.10. The van der Waals surface area contributed by atoms with E-state index in [0.29, 0.717) is 10.8 Å². The Labute approximate surface area is 85.7 Å². The number of halogens is 1. The molecule has 14 heavy (non-hydrogen) atoms. The highest BCUT2D eigenvalue weighted by Crippen LogP contribution is 2.22. The van der Waals surface area contributed by atoms with Crippen LogP contribution in [-0.2, 0) is 0 Å². The van der Waals surface area contributed by atoms with Crippen molar-refractivity contribution in [3.63, 3.8) is 0 Å². The number of H-pyrrole nitrogens is 1. The summed E-state index contributed by atoms with van der Waals surface area (Å²) in [6, 6.07) is 3.22. The summed E-state index contributed by atoms with van der Waals surface area (Å²) in [6.45, 7) is -0.140. The Bertz CT molecular complexity index is 454. The van der Waals surface area contributed by atoms with E-state index in [1.165, 1.54) is 0 Å². The Balaban J connectivity index is 2.58. The predicted octanol–water partition coefficient (Wildman–Crippen LogP) is 1.21. The number of aromatic amines is 1. The SMILES string of the molecule is NC(CO)c1cc2cc[nH]c2c(Cl)n1. The zero-order chi connectivity index (χ0) is 10.1. The molecule has 5 heteroatoms. The molecule has 0 saturated carbocycles. The van der Waals surface area contributed by atoms with E-state index in [9.17, 15) is 0 Å². The lowest BCUT2D eigenvalue weighted by molar-refractivity contribution is 0.266. The van der Waals surface area contributed by atoms with Crippen LogP contribution in [0.5, 0.6) is 0 Å². The molecule has 0 fully saturated rings. The first kappa shape index (κ1) is 9.45. The zero-order valence-electron chi connectivity index (χ0n) is 7.37. The molecule has 4 N–H and O–H groups in total. The molecule has 74 valence electrons. The molecule has 0 aliphatic carbocycles. The van der Waals surface area contributed by atoms with E-state index >= 15 is 0 Å². The van der Waals surface area contributed by atoms with E-state index < -0.39 is 6.04 Å². The molecule has 4 nitrogen and oxygen atoms in total. The molecule has 0 aromatic carbocycles. The summed E-state index contributed by atoms with van der Waals surface area (Å²) >= 11 is 5.93. The van der Waals surface area contributed by atoms with Crippen molar-refractivity contribution in [1.29, 1.82) is 0 Å². The van der Waals surface area contributed by atoms with Crippen LogP contribution in [0, 0.1) is 0 Å². The van der Waals surface area contributed by atoms with Crippen molar-refractivity contribution in [1.82, 2.24) is 9.97 Å². The number of fused-ring (bicyclic) bond motifs is 1. The van der Waals surface area contributed by atoms with E-state index in [1.807, 2.05) is 12.1 Å².